The number of carbonyl (C=O) groups is 1. The molecule has 0 fully saturated rings. The fourth-order valence-electron chi connectivity index (χ4n) is 2.06. The summed E-state index contributed by atoms with van der Waals surface area (Å²) in [5, 5.41) is 9.70. The molecule has 21 heavy (non-hydrogen) atoms. The molecule has 0 aliphatic carbocycles. The van der Waals surface area contributed by atoms with Crippen molar-refractivity contribution in [2.75, 3.05) is 0 Å². The molecule has 0 amide bonds. The van der Waals surface area contributed by atoms with E-state index in [2.05, 4.69) is 0 Å². The van der Waals surface area contributed by atoms with Crippen molar-refractivity contribution in [3.8, 4) is 0 Å². The highest BCUT2D eigenvalue weighted by Crippen LogP contribution is 2.27. The molecule has 110 valence electrons. The van der Waals surface area contributed by atoms with Gasteiger partial charge in [-0.2, -0.15) is 8.78 Å². The van der Waals surface area contributed by atoms with Crippen LogP contribution in [0.5, 0.6) is 0 Å². The maximum atomic E-state index is 14.0. The second-order valence-electron chi connectivity index (χ2n) is 4.86. The van der Waals surface area contributed by atoms with E-state index >= 15 is 0 Å². The van der Waals surface area contributed by atoms with Crippen molar-refractivity contribution in [1.29, 1.82) is 0 Å². The average Bonchev–Trinajstić information content (AvgIpc) is 2.53. The predicted molar refractivity (Wildman–Crippen MR) is 76.5 cm³/mol. The fourth-order valence-corrected chi connectivity index (χ4v) is 2.06. The second kappa shape index (κ2) is 6.59. The molecule has 0 heterocycles. The number of benzene rings is 2. The highest BCUT2D eigenvalue weighted by Gasteiger charge is 2.46. The Morgan fingerprint density at radius 2 is 1.52 bits per heavy atom. The number of alkyl halides is 2. The van der Waals surface area contributed by atoms with Crippen LogP contribution in [0.2, 0.25) is 0 Å². The minimum absolute atomic E-state index is 0.0961. The Labute approximate surface area is 122 Å². The predicted octanol–water partition coefficient (Wildman–Crippen LogP) is 3.50. The van der Waals surface area contributed by atoms with Gasteiger partial charge in [-0.1, -0.05) is 60.7 Å². The van der Waals surface area contributed by atoms with Crippen LogP contribution in [0, 0.1) is 0 Å². The van der Waals surface area contributed by atoms with Crippen LogP contribution in [0.4, 0.5) is 8.78 Å². The van der Waals surface area contributed by atoms with Crippen molar-refractivity contribution in [2.45, 2.75) is 24.9 Å². The van der Waals surface area contributed by atoms with E-state index in [9.17, 15) is 18.7 Å². The lowest BCUT2D eigenvalue weighted by atomic mass is 9.97. The molecule has 0 aromatic heterocycles. The largest absolute Gasteiger partial charge is 0.386 e. The zero-order chi connectivity index (χ0) is 15.3. The number of hydrogen-bond donors (Lipinski definition) is 1. The Morgan fingerprint density at radius 1 is 1.00 bits per heavy atom. The summed E-state index contributed by atoms with van der Waals surface area (Å²) in [5.74, 6) is -5.13. The van der Waals surface area contributed by atoms with Gasteiger partial charge in [-0.05, 0) is 18.4 Å². The quantitative estimate of drug-likeness (QED) is 0.827. The van der Waals surface area contributed by atoms with E-state index in [1.807, 2.05) is 6.07 Å². The highest BCUT2D eigenvalue weighted by molar-refractivity contribution is 6.01. The van der Waals surface area contributed by atoms with E-state index in [0.29, 0.717) is 6.42 Å². The van der Waals surface area contributed by atoms with Gasteiger partial charge in [-0.25, -0.2) is 0 Å². The van der Waals surface area contributed by atoms with Gasteiger partial charge < -0.3 is 5.11 Å². The fraction of sp³-hybridized carbons (Fsp3) is 0.235. The summed E-state index contributed by atoms with van der Waals surface area (Å²) in [7, 11) is 0. The van der Waals surface area contributed by atoms with Gasteiger partial charge in [-0.3, -0.25) is 4.79 Å². The Balaban J connectivity index is 2.03. The van der Waals surface area contributed by atoms with E-state index in [-0.39, 0.29) is 12.0 Å². The SMILES string of the molecule is O=C(c1ccccc1)C(F)(F)C(O)CCc1ccccc1. The molecular formula is C17H16F2O2. The third-order valence-electron chi connectivity index (χ3n) is 3.31. The van der Waals surface area contributed by atoms with Gasteiger partial charge in [0.15, 0.2) is 0 Å². The lowest BCUT2D eigenvalue weighted by Gasteiger charge is -2.21. The number of Topliss-reactive ketones (excluding diaryl/α,β-unsaturated/α-hetero) is 1. The summed E-state index contributed by atoms with van der Waals surface area (Å²) in [4.78, 5) is 11.8. The average molecular weight is 290 g/mol. The number of ketones is 1. The van der Waals surface area contributed by atoms with Crippen LogP contribution in [0.3, 0.4) is 0 Å². The van der Waals surface area contributed by atoms with Gasteiger partial charge in [0, 0.05) is 5.56 Å². The Bertz CT molecular complexity index is 582. The number of halogens is 2. The molecule has 0 spiro atoms. The summed E-state index contributed by atoms with van der Waals surface area (Å²) in [6.45, 7) is 0. The molecule has 0 bridgehead atoms. The van der Waals surface area contributed by atoms with Crippen LogP contribution >= 0.6 is 0 Å². The Morgan fingerprint density at radius 3 is 2.10 bits per heavy atom. The zero-order valence-electron chi connectivity index (χ0n) is 11.4. The smallest absolute Gasteiger partial charge is 0.334 e. The molecule has 0 saturated heterocycles. The summed E-state index contributed by atoms with van der Waals surface area (Å²) >= 11 is 0. The third kappa shape index (κ3) is 3.73. The summed E-state index contributed by atoms with van der Waals surface area (Å²) < 4.78 is 28.0. The lowest BCUT2D eigenvalue weighted by molar-refractivity contribution is -0.0797. The van der Waals surface area contributed by atoms with Crippen LogP contribution in [0.25, 0.3) is 0 Å². The second-order valence-corrected chi connectivity index (χ2v) is 4.86. The van der Waals surface area contributed by atoms with Gasteiger partial charge in [0.1, 0.15) is 6.10 Å². The number of aliphatic hydroxyl groups excluding tert-OH is 1. The number of aliphatic hydroxyl groups is 1. The molecule has 2 aromatic carbocycles. The lowest BCUT2D eigenvalue weighted by Crippen LogP contribution is -2.41. The van der Waals surface area contributed by atoms with E-state index in [4.69, 9.17) is 0 Å². The molecule has 0 radical (unpaired) electrons. The van der Waals surface area contributed by atoms with Crippen LogP contribution in [-0.2, 0) is 6.42 Å². The minimum Gasteiger partial charge on any atom is -0.386 e. The first kappa shape index (κ1) is 15.3. The summed E-state index contributed by atoms with van der Waals surface area (Å²) in [6.07, 6.45) is -1.87. The first-order valence-electron chi connectivity index (χ1n) is 6.71. The molecule has 1 N–H and O–H groups in total. The van der Waals surface area contributed by atoms with Crippen molar-refractivity contribution < 1.29 is 18.7 Å². The molecule has 2 rings (SSSR count). The van der Waals surface area contributed by atoms with Gasteiger partial charge >= 0.3 is 5.92 Å². The van der Waals surface area contributed by atoms with Crippen molar-refractivity contribution in [1.82, 2.24) is 0 Å². The molecule has 1 atom stereocenters. The van der Waals surface area contributed by atoms with Crippen molar-refractivity contribution in [3.05, 3.63) is 71.8 Å². The van der Waals surface area contributed by atoms with Crippen molar-refractivity contribution in [2.24, 2.45) is 0 Å². The third-order valence-corrected chi connectivity index (χ3v) is 3.31. The number of rotatable bonds is 6. The molecule has 4 heteroatoms. The van der Waals surface area contributed by atoms with Gasteiger partial charge in [-0.15, -0.1) is 0 Å². The van der Waals surface area contributed by atoms with Crippen LogP contribution in [0.1, 0.15) is 22.3 Å². The number of hydrogen-bond acceptors (Lipinski definition) is 2. The normalized spacial score (nSPS) is 12.9. The number of carbonyl (C=O) groups excluding carboxylic acids is 1. The van der Waals surface area contributed by atoms with Crippen LogP contribution in [0.15, 0.2) is 60.7 Å². The van der Waals surface area contributed by atoms with E-state index < -0.39 is 17.8 Å². The number of aryl methyl sites for hydroxylation is 1. The van der Waals surface area contributed by atoms with E-state index in [1.165, 1.54) is 24.3 Å². The van der Waals surface area contributed by atoms with Gasteiger partial charge in [0.25, 0.3) is 0 Å². The standard InChI is InChI=1S/C17H16F2O2/c18-17(19,16(21)14-9-5-2-6-10-14)15(20)12-11-13-7-3-1-4-8-13/h1-10,15,20H,11-12H2. The molecule has 0 aliphatic rings. The minimum atomic E-state index is -3.78. The Kier molecular flexibility index (Phi) is 4.81. The highest BCUT2D eigenvalue weighted by atomic mass is 19.3. The molecule has 0 aliphatic heterocycles. The van der Waals surface area contributed by atoms with Crippen molar-refractivity contribution >= 4 is 5.78 Å². The van der Waals surface area contributed by atoms with Gasteiger partial charge in [0.05, 0.1) is 0 Å². The molecular weight excluding hydrogens is 274 g/mol. The van der Waals surface area contributed by atoms with E-state index in [0.717, 1.165) is 5.56 Å². The maximum Gasteiger partial charge on any atom is 0.334 e. The first-order chi connectivity index (χ1) is 10.0. The summed E-state index contributed by atoms with van der Waals surface area (Å²) in [6, 6.07) is 16.3. The van der Waals surface area contributed by atoms with Crippen molar-refractivity contribution in [3.63, 3.8) is 0 Å². The zero-order valence-corrected chi connectivity index (χ0v) is 11.4. The monoisotopic (exact) mass is 290 g/mol. The molecule has 0 saturated carbocycles. The molecule has 2 nitrogen and oxygen atoms in total. The van der Waals surface area contributed by atoms with Crippen LogP contribution in [-0.4, -0.2) is 22.9 Å². The summed E-state index contributed by atoms with van der Waals surface area (Å²) in [5.41, 5.74) is 0.751. The van der Waals surface area contributed by atoms with Gasteiger partial charge in [0.2, 0.25) is 5.78 Å². The molecule has 1 unspecified atom stereocenters. The van der Waals surface area contributed by atoms with Crippen LogP contribution < -0.4 is 0 Å². The van der Waals surface area contributed by atoms with E-state index in [1.54, 1.807) is 30.3 Å². The Hall–Kier alpha value is -2.07. The maximum absolute atomic E-state index is 14.0. The topological polar surface area (TPSA) is 37.3 Å². The first-order valence-corrected chi connectivity index (χ1v) is 6.71. The molecule has 2 aromatic rings.